The molecule has 13 rings (SSSR count). The van der Waals surface area contributed by atoms with Crippen LogP contribution in [0, 0.1) is 5.92 Å². The average molecular weight is 1720 g/mol. The van der Waals surface area contributed by atoms with Crippen molar-refractivity contribution in [2.45, 2.75) is 286 Å². The van der Waals surface area contributed by atoms with Gasteiger partial charge in [-0.15, -0.1) is 0 Å². The van der Waals surface area contributed by atoms with Crippen molar-refractivity contribution >= 4 is 18.3 Å². The molecule has 9 fully saturated rings. The number of nitrogens with one attached hydrogen (secondary N) is 3. The topological polar surface area (TPSA) is 658 Å². The summed E-state index contributed by atoms with van der Waals surface area (Å²) < 4.78 is 102. The van der Waals surface area contributed by atoms with Crippen LogP contribution in [0.2, 0.25) is 0 Å². The van der Waals surface area contributed by atoms with Crippen LogP contribution in [0.3, 0.4) is 0 Å². The Hall–Kier alpha value is -6.63. The third-order valence-corrected chi connectivity index (χ3v) is 23.0. The van der Waals surface area contributed by atoms with E-state index in [-0.39, 0.29) is 52.2 Å². The predicted molar refractivity (Wildman–Crippen MR) is 409 cm³/mol. The lowest BCUT2D eigenvalue weighted by Gasteiger charge is -2.50. The Labute approximate surface area is 695 Å². The number of fused-ring (bicyclic) bond motifs is 1. The van der Waals surface area contributed by atoms with E-state index in [0.29, 0.717) is 16.7 Å². The Morgan fingerprint density at radius 2 is 0.818 bits per heavy atom. The summed E-state index contributed by atoms with van der Waals surface area (Å²) in [5.74, 6) is -0.846. The van der Waals surface area contributed by atoms with Gasteiger partial charge >= 0.3 is 18.3 Å². The van der Waals surface area contributed by atoms with Crippen LogP contribution in [-0.2, 0) is 100 Å². The van der Waals surface area contributed by atoms with Gasteiger partial charge in [0.1, 0.15) is 154 Å². The van der Waals surface area contributed by atoms with E-state index in [4.69, 9.17) is 109 Å². The fourth-order valence-electron chi connectivity index (χ4n) is 16.0. The van der Waals surface area contributed by atoms with Crippen LogP contribution in [0.1, 0.15) is 61.7 Å². The van der Waals surface area contributed by atoms with Gasteiger partial charge in [-0.25, -0.2) is 14.4 Å². The first-order valence-electron chi connectivity index (χ1n) is 40.2. The molecular formula is C79H114N8O34. The predicted octanol–water partition coefficient (Wildman–Crippen LogP) is -6.30. The van der Waals surface area contributed by atoms with Crippen LogP contribution in [0.15, 0.2) is 121 Å². The summed E-state index contributed by atoms with van der Waals surface area (Å²) in [5, 5.41) is 160. The van der Waals surface area contributed by atoms with Crippen molar-refractivity contribution in [2.24, 2.45) is 34.6 Å². The number of carbonyl (C=O) groups excluding carboxylic acids is 3. The second-order valence-corrected chi connectivity index (χ2v) is 31.3. The SMILES string of the molecule is CCC1OC(OC2C(CO)OC(OC3C(O)C(NC(=O)OCc4ccccc4)CC(NC(=O)OCc4ccccc4)C3OC3OC4COC(c5ccccc5)OC4C(O)C3C)C2O)C(NC(=O)OCc2ccccc2)C(O)C1O.NCC1OC(OC2C(CO)OC(OC3C(O)C(N)CC(N)C3OC3OC(CO)C(O)C(O)C3N)C2O)C(N)C(O)C1O. The second-order valence-electron chi connectivity index (χ2n) is 31.3. The van der Waals surface area contributed by atoms with Gasteiger partial charge in [-0.1, -0.05) is 135 Å². The van der Waals surface area contributed by atoms with Gasteiger partial charge in [0.05, 0.1) is 68.9 Å². The van der Waals surface area contributed by atoms with Gasteiger partial charge < -0.3 is 197 Å². The van der Waals surface area contributed by atoms with Crippen molar-refractivity contribution < 1.29 is 166 Å². The molecule has 3 amide bonds. The minimum atomic E-state index is -1.85. The van der Waals surface area contributed by atoms with Crippen molar-refractivity contribution in [2.75, 3.05) is 33.0 Å². The van der Waals surface area contributed by atoms with Crippen LogP contribution in [-0.4, -0.2) is 349 Å². The lowest BCUT2D eigenvalue weighted by Crippen LogP contribution is -2.68. The maximum absolute atomic E-state index is 13.8. The van der Waals surface area contributed by atoms with Gasteiger partial charge in [0.15, 0.2) is 44.0 Å². The summed E-state index contributed by atoms with van der Waals surface area (Å²) >= 11 is 0. The normalized spacial score (nSPS) is 41.7. The van der Waals surface area contributed by atoms with Crippen LogP contribution < -0.4 is 44.6 Å². The van der Waals surface area contributed by atoms with Crippen molar-refractivity contribution in [3.05, 3.63) is 144 Å². The lowest BCUT2D eigenvalue weighted by molar-refractivity contribution is -0.366. The molecule has 42 nitrogen and oxygen atoms in total. The molecule has 0 radical (unpaired) electrons. The van der Waals surface area contributed by atoms with E-state index in [9.17, 15) is 85.9 Å². The molecule has 2 aliphatic carbocycles. The number of hydrogen-bond donors (Lipinski definition) is 22. The van der Waals surface area contributed by atoms with E-state index in [1.165, 1.54) is 0 Å². The number of aliphatic hydroxyl groups is 14. The number of amides is 3. The first kappa shape index (κ1) is 93.5. The van der Waals surface area contributed by atoms with Crippen molar-refractivity contribution in [1.29, 1.82) is 0 Å². The maximum atomic E-state index is 13.8. The van der Waals surface area contributed by atoms with Gasteiger partial charge in [-0.2, -0.15) is 0 Å². The summed E-state index contributed by atoms with van der Waals surface area (Å²) in [4.78, 5) is 40.6. The van der Waals surface area contributed by atoms with Gasteiger partial charge in [0.2, 0.25) is 0 Å². The monoisotopic (exact) mass is 1720 g/mol. The van der Waals surface area contributed by atoms with E-state index in [0.717, 1.165) is 5.56 Å². The van der Waals surface area contributed by atoms with Crippen molar-refractivity contribution in [3.8, 4) is 0 Å². The average Bonchev–Trinajstić information content (AvgIpc) is 1.38. The number of rotatable bonds is 27. The Bertz CT molecular complexity index is 3820. The molecule has 674 valence electrons. The van der Waals surface area contributed by atoms with Gasteiger partial charge in [-0.05, 0) is 36.0 Å². The van der Waals surface area contributed by atoms with E-state index < -0.39 is 277 Å². The molecule has 4 aromatic carbocycles. The number of nitrogens with two attached hydrogens (primary N) is 5. The first-order chi connectivity index (χ1) is 58.1. The highest BCUT2D eigenvalue weighted by Crippen LogP contribution is 2.42. The molecule has 7 heterocycles. The summed E-state index contributed by atoms with van der Waals surface area (Å²) in [5.41, 5.74) is 32.7. The zero-order chi connectivity index (χ0) is 86.6. The number of ether oxygens (including phenoxy) is 17. The molecule has 7 saturated heterocycles. The van der Waals surface area contributed by atoms with Gasteiger partial charge in [0.25, 0.3) is 0 Å². The van der Waals surface area contributed by atoms with E-state index in [1.54, 1.807) is 98.8 Å². The fourth-order valence-corrected chi connectivity index (χ4v) is 16.0. The summed E-state index contributed by atoms with van der Waals surface area (Å²) in [6.45, 7) is 0.640. The molecule has 2 saturated carbocycles. The quantitative estimate of drug-likeness (QED) is 0.0247. The Kier molecular flexibility index (Phi) is 33.3. The highest BCUT2D eigenvalue weighted by molar-refractivity contribution is 5.69. The molecule has 0 spiro atoms. The molecule has 9 aliphatic rings. The Morgan fingerprint density at radius 1 is 0.397 bits per heavy atom. The van der Waals surface area contributed by atoms with Crippen molar-refractivity contribution in [1.82, 2.24) is 16.0 Å². The number of alkyl carbamates (subject to hydrolysis) is 3. The highest BCUT2D eigenvalue weighted by Gasteiger charge is 2.59. The molecule has 7 aliphatic heterocycles. The molecule has 121 heavy (non-hydrogen) atoms. The fraction of sp³-hybridized carbons (Fsp3) is 0.658. The van der Waals surface area contributed by atoms with Crippen molar-refractivity contribution in [3.63, 3.8) is 0 Å². The molecule has 4 aromatic rings. The van der Waals surface area contributed by atoms with E-state index in [1.807, 2.05) is 36.4 Å². The summed E-state index contributed by atoms with van der Waals surface area (Å²) in [6.07, 6.45) is -45.8. The number of benzene rings is 4. The number of aliphatic hydroxyl groups excluding tert-OH is 14. The smallest absolute Gasteiger partial charge is 0.407 e. The molecule has 0 bridgehead atoms. The Balaban J connectivity index is 0.000000268. The minimum absolute atomic E-state index is 0.0251. The van der Waals surface area contributed by atoms with Crippen LogP contribution in [0.5, 0.6) is 0 Å². The lowest BCUT2D eigenvalue weighted by atomic mass is 9.83. The Morgan fingerprint density at radius 3 is 1.32 bits per heavy atom. The first-order valence-corrected chi connectivity index (χ1v) is 40.2. The maximum Gasteiger partial charge on any atom is 0.407 e. The second kappa shape index (κ2) is 43.0. The van der Waals surface area contributed by atoms with Gasteiger partial charge in [0, 0.05) is 30.1 Å². The summed E-state index contributed by atoms with van der Waals surface area (Å²) in [7, 11) is 0. The molecule has 39 unspecified atom stereocenters. The molecule has 39 atom stereocenters. The highest BCUT2D eigenvalue weighted by atomic mass is 16.8. The number of hydrogen-bond acceptors (Lipinski definition) is 39. The molecular weight excluding hydrogens is 1600 g/mol. The largest absolute Gasteiger partial charge is 0.445 e. The van der Waals surface area contributed by atoms with Crippen LogP contribution in [0.25, 0.3) is 0 Å². The molecule has 0 aromatic heterocycles. The third-order valence-electron chi connectivity index (χ3n) is 23.0. The molecule has 27 N–H and O–H groups in total. The number of carbonyl (C=O) groups is 3. The third kappa shape index (κ3) is 22.3. The summed E-state index contributed by atoms with van der Waals surface area (Å²) in [6, 6.07) is 27.4. The van der Waals surface area contributed by atoms with E-state index >= 15 is 0 Å². The van der Waals surface area contributed by atoms with Crippen LogP contribution >= 0.6 is 0 Å². The zero-order valence-electron chi connectivity index (χ0n) is 66.2. The van der Waals surface area contributed by atoms with Crippen LogP contribution in [0.4, 0.5) is 14.4 Å². The van der Waals surface area contributed by atoms with E-state index in [2.05, 4.69) is 16.0 Å². The minimum Gasteiger partial charge on any atom is -0.445 e. The standard InChI is InChI=1S/C56H69N3O20.C23H45N5O14/c1-3-37-43(63)44(64)40(59-56(68)72-28-33-20-12-6-13-21-33)52(73-37)78-47-38(25-60)74-53(45(47)65)79-49-42(62)35(57-54(66)70-26-31-16-8-4-9-17-31)24-36(58-55(67)71-27-32-18-10-5-11-19-32)46(49)76-50-30(2)41(61)48-39(75-50)29-69-51(77-48)34-22-14-7-15-23-34;24-2-7-13(32)15(34)10(27)21(37-7)41-19-9(4-30)39-23(17(19)36)42-20-12(31)5(25)1-6(26)18(20)40-22-11(28)16(35)14(33)8(3-29)38-22/h4-23,30,35-53,60-65H,3,24-29H2,1-2H3,(H,57,66)(H,58,67)(H,59,68);5-23,29-36H,1-4,24-28H2. The van der Waals surface area contributed by atoms with Gasteiger partial charge in [-0.3, -0.25) is 0 Å². The molecule has 42 heteroatoms. The zero-order valence-corrected chi connectivity index (χ0v) is 66.2.